The van der Waals surface area contributed by atoms with Gasteiger partial charge in [0.25, 0.3) is 5.69 Å². The van der Waals surface area contributed by atoms with Gasteiger partial charge in [0.15, 0.2) is 0 Å². The maximum absolute atomic E-state index is 13.3. The van der Waals surface area contributed by atoms with Crippen LogP contribution in [0.1, 0.15) is 57.8 Å². The number of amides is 1. The zero-order valence-electron chi connectivity index (χ0n) is 18.2. The van der Waals surface area contributed by atoms with Gasteiger partial charge in [-0.2, -0.15) is 4.31 Å². The zero-order valence-corrected chi connectivity index (χ0v) is 19.1. The maximum Gasteiger partial charge on any atom is 0.269 e. The number of nitrogens with one attached hydrogen (secondary N) is 1. The Hall–Kier alpha value is -2.00. The van der Waals surface area contributed by atoms with Crippen molar-refractivity contribution in [1.82, 2.24) is 9.62 Å². The van der Waals surface area contributed by atoms with Crippen molar-refractivity contribution in [2.24, 2.45) is 23.2 Å². The Balaban J connectivity index is 1.28. The molecule has 1 aromatic rings. The lowest BCUT2D eigenvalue weighted by atomic mass is 9.49. The Morgan fingerprint density at radius 1 is 1.06 bits per heavy atom. The largest absolute Gasteiger partial charge is 0.354 e. The van der Waals surface area contributed by atoms with Gasteiger partial charge in [0.05, 0.1) is 9.82 Å². The lowest BCUT2D eigenvalue weighted by Crippen LogP contribution is -2.56. The number of non-ortho nitro benzene ring substituents is 1. The Morgan fingerprint density at radius 3 is 2.22 bits per heavy atom. The number of sulfonamides is 1. The van der Waals surface area contributed by atoms with Gasteiger partial charge in [-0.15, -0.1) is 0 Å². The van der Waals surface area contributed by atoms with Crippen LogP contribution in [0.15, 0.2) is 29.2 Å². The Bertz CT molecular complexity index is 972. The molecule has 1 aliphatic heterocycles. The smallest absolute Gasteiger partial charge is 0.269 e. The first-order valence-corrected chi connectivity index (χ1v) is 13.3. The monoisotopic (exact) mass is 461 g/mol. The van der Waals surface area contributed by atoms with Crippen molar-refractivity contribution in [3.05, 3.63) is 34.4 Å². The molecular weight excluding hydrogens is 430 g/mol. The van der Waals surface area contributed by atoms with Gasteiger partial charge in [-0.3, -0.25) is 14.9 Å². The second-order valence-corrected chi connectivity index (χ2v) is 12.3. The normalized spacial score (nSPS) is 34.4. The van der Waals surface area contributed by atoms with Gasteiger partial charge in [-0.1, -0.05) is 6.42 Å². The summed E-state index contributed by atoms with van der Waals surface area (Å²) in [5.74, 6) is 2.16. The van der Waals surface area contributed by atoms with Crippen molar-refractivity contribution in [2.45, 2.75) is 68.7 Å². The molecular formula is C23H31N3O5S. The van der Waals surface area contributed by atoms with Crippen molar-refractivity contribution < 1.29 is 18.1 Å². The standard InChI is InChI=1S/C23H31N3O5S/c27-22(23-12-16-9-17(13-23)11-18(10-16)14-23)24-15-20-3-1-2-8-25(20)32(30,31)21-6-4-19(5-7-21)26(28)29/h4-7,16-18,20H,1-3,8-15H2,(H,24,27). The van der Waals surface area contributed by atoms with Crippen LogP contribution in [0.4, 0.5) is 5.69 Å². The highest BCUT2D eigenvalue weighted by Gasteiger charge is 2.54. The summed E-state index contributed by atoms with van der Waals surface area (Å²) in [6.07, 6.45) is 9.17. The molecule has 5 fully saturated rings. The van der Waals surface area contributed by atoms with E-state index in [1.54, 1.807) is 0 Å². The molecule has 5 aliphatic rings. The molecule has 6 rings (SSSR count). The van der Waals surface area contributed by atoms with Crippen molar-refractivity contribution >= 4 is 21.6 Å². The zero-order chi connectivity index (χ0) is 22.5. The van der Waals surface area contributed by atoms with Crippen LogP contribution >= 0.6 is 0 Å². The van der Waals surface area contributed by atoms with E-state index in [-0.39, 0.29) is 27.9 Å². The van der Waals surface area contributed by atoms with Gasteiger partial charge < -0.3 is 5.32 Å². The lowest BCUT2D eigenvalue weighted by molar-refractivity contribution is -0.384. The van der Waals surface area contributed by atoms with Crippen LogP contribution in [0.3, 0.4) is 0 Å². The molecule has 1 amide bonds. The first kappa shape index (κ1) is 21.8. The first-order chi connectivity index (χ1) is 15.3. The fourth-order valence-corrected chi connectivity index (χ4v) is 8.85. The van der Waals surface area contributed by atoms with E-state index in [4.69, 9.17) is 0 Å². The van der Waals surface area contributed by atoms with Gasteiger partial charge in [-0.05, 0) is 81.3 Å². The molecule has 8 nitrogen and oxygen atoms in total. The van der Waals surface area contributed by atoms with Crippen molar-refractivity contribution in [3.8, 4) is 0 Å². The highest BCUT2D eigenvalue weighted by molar-refractivity contribution is 7.89. The third kappa shape index (κ3) is 3.83. The second-order valence-electron chi connectivity index (χ2n) is 10.4. The Kier molecular flexibility index (Phi) is 5.52. The number of carbonyl (C=O) groups is 1. The average molecular weight is 462 g/mol. The molecule has 9 heteroatoms. The van der Waals surface area contributed by atoms with Gasteiger partial charge >= 0.3 is 0 Å². The molecule has 4 bridgehead atoms. The average Bonchev–Trinajstić information content (AvgIpc) is 2.76. The molecule has 4 aliphatic carbocycles. The molecule has 1 heterocycles. The quantitative estimate of drug-likeness (QED) is 0.515. The predicted octanol–water partition coefficient (Wildman–Crippen LogP) is 3.47. The number of hydrogen-bond donors (Lipinski definition) is 1. The summed E-state index contributed by atoms with van der Waals surface area (Å²) in [5.41, 5.74) is -0.382. The van der Waals surface area contributed by atoms with Crippen molar-refractivity contribution in [3.63, 3.8) is 0 Å². The minimum Gasteiger partial charge on any atom is -0.354 e. The van der Waals surface area contributed by atoms with Crippen LogP contribution in [0.5, 0.6) is 0 Å². The summed E-state index contributed by atoms with van der Waals surface area (Å²) in [6.45, 7) is 0.726. The topological polar surface area (TPSA) is 110 Å². The van der Waals surface area contributed by atoms with E-state index in [1.807, 2.05) is 0 Å². The van der Waals surface area contributed by atoms with E-state index >= 15 is 0 Å². The number of benzene rings is 1. The van der Waals surface area contributed by atoms with E-state index in [2.05, 4.69) is 5.32 Å². The van der Waals surface area contributed by atoms with Crippen LogP contribution in [-0.2, 0) is 14.8 Å². The van der Waals surface area contributed by atoms with Crippen molar-refractivity contribution in [2.75, 3.05) is 13.1 Å². The van der Waals surface area contributed by atoms with E-state index in [0.717, 1.165) is 32.1 Å². The highest BCUT2D eigenvalue weighted by Crippen LogP contribution is 2.60. The number of hydrogen-bond acceptors (Lipinski definition) is 5. The number of nitrogens with zero attached hydrogens (tertiary/aromatic N) is 2. The lowest BCUT2D eigenvalue weighted by Gasteiger charge is -2.55. The van der Waals surface area contributed by atoms with Gasteiger partial charge in [0.2, 0.25) is 15.9 Å². The summed E-state index contributed by atoms with van der Waals surface area (Å²) < 4.78 is 28.1. The molecule has 4 saturated carbocycles. The number of rotatable bonds is 6. The maximum atomic E-state index is 13.3. The Morgan fingerprint density at radius 2 is 1.66 bits per heavy atom. The third-order valence-electron chi connectivity index (χ3n) is 8.25. The summed E-state index contributed by atoms with van der Waals surface area (Å²) in [7, 11) is -3.79. The number of piperidine rings is 1. The van der Waals surface area contributed by atoms with Crippen LogP contribution < -0.4 is 5.32 Å². The van der Waals surface area contributed by atoms with Gasteiger partial charge in [-0.25, -0.2) is 8.42 Å². The number of nitro groups is 1. The fraction of sp³-hybridized carbons (Fsp3) is 0.696. The number of nitro benzene ring substituents is 1. The fourth-order valence-electron chi connectivity index (χ4n) is 7.16. The molecule has 1 saturated heterocycles. The molecule has 1 unspecified atom stereocenters. The van der Waals surface area contributed by atoms with Crippen LogP contribution in [-0.4, -0.2) is 42.7 Å². The summed E-state index contributed by atoms with van der Waals surface area (Å²) in [4.78, 5) is 23.7. The minimum absolute atomic E-state index is 0.0578. The summed E-state index contributed by atoms with van der Waals surface area (Å²) >= 11 is 0. The molecule has 0 aromatic heterocycles. The molecule has 1 atom stereocenters. The SMILES string of the molecule is O=C(NCC1CCCCN1S(=O)(=O)c1ccc([N+](=O)[O-])cc1)C12CC3CC(CC(C3)C1)C2. The predicted molar refractivity (Wildman–Crippen MR) is 118 cm³/mol. The Labute approximate surface area is 188 Å². The molecule has 1 aromatic carbocycles. The minimum atomic E-state index is -3.79. The second kappa shape index (κ2) is 8.09. The van der Waals surface area contributed by atoms with Crippen LogP contribution in [0, 0.1) is 33.3 Å². The molecule has 32 heavy (non-hydrogen) atoms. The van der Waals surface area contributed by atoms with Gasteiger partial charge in [0.1, 0.15) is 0 Å². The van der Waals surface area contributed by atoms with Crippen molar-refractivity contribution in [1.29, 1.82) is 0 Å². The van der Waals surface area contributed by atoms with E-state index in [9.17, 15) is 23.3 Å². The third-order valence-corrected chi connectivity index (χ3v) is 10.2. The van der Waals surface area contributed by atoms with Crippen LogP contribution in [0.25, 0.3) is 0 Å². The molecule has 1 N–H and O–H groups in total. The highest BCUT2D eigenvalue weighted by atomic mass is 32.2. The molecule has 0 radical (unpaired) electrons. The summed E-state index contributed by atoms with van der Waals surface area (Å²) in [6, 6.07) is 4.75. The van der Waals surface area contributed by atoms with E-state index < -0.39 is 14.9 Å². The summed E-state index contributed by atoms with van der Waals surface area (Å²) in [5, 5.41) is 14.1. The first-order valence-electron chi connectivity index (χ1n) is 11.8. The van der Waals surface area contributed by atoms with E-state index in [1.165, 1.54) is 47.8 Å². The number of carbonyl (C=O) groups excluding carboxylic acids is 1. The van der Waals surface area contributed by atoms with Gasteiger partial charge in [0, 0.05) is 36.7 Å². The van der Waals surface area contributed by atoms with Crippen LogP contribution in [0.2, 0.25) is 0 Å². The molecule has 174 valence electrons. The van der Waals surface area contributed by atoms with E-state index in [0.29, 0.717) is 37.3 Å². The molecule has 0 spiro atoms.